The quantitative estimate of drug-likeness (QED) is 0.912. The summed E-state index contributed by atoms with van der Waals surface area (Å²) in [6.45, 7) is 4.97. The summed E-state index contributed by atoms with van der Waals surface area (Å²) < 4.78 is 0. The summed E-state index contributed by atoms with van der Waals surface area (Å²) in [5, 5.41) is 12.1. The fraction of sp³-hybridized carbons (Fsp3) is 0.400. The van der Waals surface area contributed by atoms with E-state index in [1.165, 1.54) is 10.4 Å². The van der Waals surface area contributed by atoms with E-state index >= 15 is 0 Å². The van der Waals surface area contributed by atoms with Crippen molar-refractivity contribution < 1.29 is 5.11 Å². The Morgan fingerprint density at radius 3 is 3.11 bits per heavy atom. The molecule has 3 rings (SSSR count). The minimum Gasteiger partial charge on any atom is -0.389 e. The van der Waals surface area contributed by atoms with Crippen molar-refractivity contribution in [2.24, 2.45) is 0 Å². The van der Waals surface area contributed by atoms with Crippen LogP contribution in [0.3, 0.4) is 0 Å². The van der Waals surface area contributed by atoms with Gasteiger partial charge in [0.25, 0.3) is 0 Å². The first kappa shape index (κ1) is 12.6. The zero-order valence-electron chi connectivity index (χ0n) is 11.2. The van der Waals surface area contributed by atoms with E-state index in [0.717, 1.165) is 24.3 Å². The first-order valence-electron chi connectivity index (χ1n) is 6.64. The van der Waals surface area contributed by atoms with Gasteiger partial charge < -0.3 is 10.0 Å². The Bertz CT molecular complexity index is 579. The number of anilines is 1. The fourth-order valence-corrected chi connectivity index (χ4v) is 3.74. The second-order valence-corrected chi connectivity index (χ2v) is 6.01. The summed E-state index contributed by atoms with van der Waals surface area (Å²) >= 11 is 1.84. The second-order valence-electron chi connectivity index (χ2n) is 5.01. The molecule has 0 bridgehead atoms. The molecule has 0 aliphatic carbocycles. The fourth-order valence-electron chi connectivity index (χ4n) is 2.77. The Labute approximate surface area is 117 Å². The number of hydrogen-bond donors (Lipinski definition) is 1. The number of aliphatic hydroxyl groups is 1. The van der Waals surface area contributed by atoms with Gasteiger partial charge in [-0.1, -0.05) is 6.07 Å². The predicted molar refractivity (Wildman–Crippen MR) is 78.7 cm³/mol. The molecule has 1 N–H and O–H groups in total. The molecule has 2 aromatic heterocycles. The Kier molecular flexibility index (Phi) is 3.29. The predicted octanol–water partition coefficient (Wildman–Crippen LogP) is 3.32. The van der Waals surface area contributed by atoms with Gasteiger partial charge in [0, 0.05) is 23.2 Å². The van der Waals surface area contributed by atoms with E-state index in [-0.39, 0.29) is 0 Å². The van der Waals surface area contributed by atoms with E-state index in [0.29, 0.717) is 6.04 Å². The molecule has 0 amide bonds. The van der Waals surface area contributed by atoms with Crippen molar-refractivity contribution in [3.05, 3.63) is 45.8 Å². The van der Waals surface area contributed by atoms with Gasteiger partial charge in [-0.15, -0.1) is 11.3 Å². The molecule has 0 spiro atoms. The van der Waals surface area contributed by atoms with Gasteiger partial charge in [0.1, 0.15) is 5.82 Å². The lowest BCUT2D eigenvalue weighted by Crippen LogP contribution is -2.34. The van der Waals surface area contributed by atoms with Gasteiger partial charge in [0.15, 0.2) is 0 Å². The summed E-state index contributed by atoms with van der Waals surface area (Å²) in [7, 11) is 0. The molecule has 1 aliphatic rings. The molecule has 2 aromatic rings. The zero-order chi connectivity index (χ0) is 13.4. The molecule has 0 saturated heterocycles. The van der Waals surface area contributed by atoms with E-state index in [1.54, 1.807) is 13.1 Å². The molecule has 0 saturated carbocycles. The van der Waals surface area contributed by atoms with E-state index in [4.69, 9.17) is 0 Å². The number of nitrogens with zero attached hydrogens (tertiary/aromatic N) is 2. The molecule has 1 aliphatic heterocycles. The average molecular weight is 274 g/mol. The van der Waals surface area contributed by atoms with Crippen LogP contribution in [0.25, 0.3) is 0 Å². The maximum absolute atomic E-state index is 9.91. The largest absolute Gasteiger partial charge is 0.389 e. The smallest absolute Gasteiger partial charge is 0.134 e. The SMILES string of the molecule is CC(O)c1cccnc1N1CCc2sccc2C1C. The number of fused-ring (bicyclic) bond motifs is 1. The lowest BCUT2D eigenvalue weighted by atomic mass is 10.00. The van der Waals surface area contributed by atoms with Gasteiger partial charge in [0.2, 0.25) is 0 Å². The third kappa shape index (κ3) is 2.15. The van der Waals surface area contributed by atoms with E-state index < -0.39 is 6.10 Å². The van der Waals surface area contributed by atoms with Crippen molar-refractivity contribution in [3.63, 3.8) is 0 Å². The Morgan fingerprint density at radius 1 is 1.47 bits per heavy atom. The highest BCUT2D eigenvalue weighted by atomic mass is 32.1. The molecule has 0 radical (unpaired) electrons. The Morgan fingerprint density at radius 2 is 2.32 bits per heavy atom. The van der Waals surface area contributed by atoms with Gasteiger partial charge in [-0.25, -0.2) is 4.98 Å². The number of aromatic nitrogens is 1. The van der Waals surface area contributed by atoms with Crippen molar-refractivity contribution in [3.8, 4) is 0 Å². The van der Waals surface area contributed by atoms with Crippen LogP contribution in [0.15, 0.2) is 29.8 Å². The number of hydrogen-bond acceptors (Lipinski definition) is 4. The molecule has 2 atom stereocenters. The molecule has 19 heavy (non-hydrogen) atoms. The van der Waals surface area contributed by atoms with Crippen LogP contribution in [0, 0.1) is 0 Å². The summed E-state index contributed by atoms with van der Waals surface area (Å²) in [6, 6.07) is 6.38. The van der Waals surface area contributed by atoms with Gasteiger partial charge >= 0.3 is 0 Å². The number of aliphatic hydroxyl groups excluding tert-OH is 1. The first-order valence-corrected chi connectivity index (χ1v) is 7.52. The minimum absolute atomic E-state index is 0.322. The van der Waals surface area contributed by atoms with Gasteiger partial charge in [0.05, 0.1) is 12.1 Å². The Balaban J connectivity index is 2.00. The van der Waals surface area contributed by atoms with Crippen LogP contribution in [-0.2, 0) is 6.42 Å². The molecular formula is C15H18N2OS. The van der Waals surface area contributed by atoms with Crippen LogP contribution in [0.4, 0.5) is 5.82 Å². The molecule has 3 heterocycles. The highest BCUT2D eigenvalue weighted by Crippen LogP contribution is 2.37. The number of thiophene rings is 1. The second kappa shape index (κ2) is 4.94. The number of rotatable bonds is 2. The lowest BCUT2D eigenvalue weighted by Gasteiger charge is -2.36. The van der Waals surface area contributed by atoms with Crippen LogP contribution < -0.4 is 4.90 Å². The van der Waals surface area contributed by atoms with Crippen LogP contribution in [0.5, 0.6) is 0 Å². The average Bonchev–Trinajstić information content (AvgIpc) is 2.88. The molecular weight excluding hydrogens is 256 g/mol. The molecule has 0 aromatic carbocycles. The third-order valence-electron chi connectivity index (χ3n) is 3.82. The summed E-state index contributed by atoms with van der Waals surface area (Å²) in [5.74, 6) is 0.918. The lowest BCUT2D eigenvalue weighted by molar-refractivity contribution is 0.199. The standard InChI is InChI=1S/C15H18N2OS/c1-10-12-6-9-19-14(12)5-8-17(10)15-13(11(2)18)4-3-7-16-15/h3-4,6-7,9-11,18H,5,8H2,1-2H3. The highest BCUT2D eigenvalue weighted by Gasteiger charge is 2.27. The van der Waals surface area contributed by atoms with Crippen LogP contribution >= 0.6 is 11.3 Å². The number of pyridine rings is 1. The minimum atomic E-state index is -0.486. The summed E-state index contributed by atoms with van der Waals surface area (Å²) in [4.78, 5) is 8.29. The maximum Gasteiger partial charge on any atom is 0.134 e. The van der Waals surface area contributed by atoms with Crippen LogP contribution in [0.2, 0.25) is 0 Å². The Hall–Kier alpha value is -1.39. The van der Waals surface area contributed by atoms with Crippen LogP contribution in [0.1, 0.15) is 42.0 Å². The van der Waals surface area contributed by atoms with E-state index in [1.807, 2.05) is 23.5 Å². The zero-order valence-corrected chi connectivity index (χ0v) is 12.0. The molecule has 100 valence electrons. The van der Waals surface area contributed by atoms with Gasteiger partial charge in [-0.3, -0.25) is 0 Å². The highest BCUT2D eigenvalue weighted by molar-refractivity contribution is 7.10. The van der Waals surface area contributed by atoms with Crippen molar-refractivity contribution in [1.82, 2.24) is 4.98 Å². The summed E-state index contributed by atoms with van der Waals surface area (Å²) in [6.07, 6.45) is 2.38. The van der Waals surface area contributed by atoms with Crippen molar-refractivity contribution in [2.75, 3.05) is 11.4 Å². The van der Waals surface area contributed by atoms with Gasteiger partial charge in [-0.2, -0.15) is 0 Å². The maximum atomic E-state index is 9.91. The van der Waals surface area contributed by atoms with E-state index in [9.17, 15) is 5.11 Å². The summed E-state index contributed by atoms with van der Waals surface area (Å²) in [5.41, 5.74) is 2.31. The van der Waals surface area contributed by atoms with Gasteiger partial charge in [-0.05, 0) is 43.3 Å². The monoisotopic (exact) mass is 274 g/mol. The third-order valence-corrected chi connectivity index (χ3v) is 4.81. The first-order chi connectivity index (χ1) is 9.18. The van der Waals surface area contributed by atoms with E-state index in [2.05, 4.69) is 28.3 Å². The van der Waals surface area contributed by atoms with Crippen molar-refractivity contribution in [1.29, 1.82) is 0 Å². The molecule has 4 heteroatoms. The van der Waals surface area contributed by atoms with Crippen molar-refractivity contribution >= 4 is 17.2 Å². The van der Waals surface area contributed by atoms with Crippen LogP contribution in [-0.4, -0.2) is 16.6 Å². The molecule has 3 nitrogen and oxygen atoms in total. The normalized spacial score (nSPS) is 20.2. The topological polar surface area (TPSA) is 36.4 Å². The van der Waals surface area contributed by atoms with Crippen molar-refractivity contribution in [2.45, 2.75) is 32.4 Å². The molecule has 0 fully saturated rings. The molecule has 2 unspecified atom stereocenters.